The van der Waals surface area contributed by atoms with E-state index in [1.54, 1.807) is 17.9 Å². The number of rotatable bonds is 8. The van der Waals surface area contributed by atoms with Gasteiger partial charge >= 0.3 is 35.5 Å². The molecule has 350 valence electrons. The van der Waals surface area contributed by atoms with Crippen LogP contribution in [-0.4, -0.2) is 79.4 Å². The average Bonchev–Trinajstić information content (AvgIpc) is 3.35. The molecular formula is C52H51Cl2N2NaO10S. The zero-order valence-electron chi connectivity index (χ0n) is 38.3. The number of carboxylic acid groups (broad SMARTS) is 1. The Labute approximate surface area is 429 Å². The third-order valence-electron chi connectivity index (χ3n) is 11.7. The molecule has 2 amide bonds. The number of esters is 1. The first-order valence-electron chi connectivity index (χ1n) is 21.1. The minimum absolute atomic E-state index is 0. The van der Waals surface area contributed by atoms with Crippen molar-refractivity contribution in [2.75, 3.05) is 14.2 Å². The van der Waals surface area contributed by atoms with Gasteiger partial charge in [-0.1, -0.05) is 146 Å². The fourth-order valence-corrected chi connectivity index (χ4v) is 8.43. The number of amides is 2. The van der Waals surface area contributed by atoms with E-state index in [9.17, 15) is 34.5 Å². The number of carboxylic acids is 1. The molecule has 0 aromatic heterocycles. The number of hydrogen-bond donors (Lipinski definition) is 3. The molecule has 68 heavy (non-hydrogen) atoms. The molecular weight excluding hydrogens is 939 g/mol. The smallest absolute Gasteiger partial charge is 0.548 e. The van der Waals surface area contributed by atoms with Gasteiger partial charge in [-0.3, -0.25) is 9.59 Å². The maximum absolute atomic E-state index is 13.9. The van der Waals surface area contributed by atoms with Crippen LogP contribution in [0.3, 0.4) is 0 Å². The summed E-state index contributed by atoms with van der Waals surface area (Å²) in [5.41, 5.74) is 7.61. The second-order valence-corrected chi connectivity index (χ2v) is 18.2. The molecule has 0 saturated carbocycles. The van der Waals surface area contributed by atoms with Crippen LogP contribution in [0.25, 0.3) is 0 Å². The molecule has 0 bridgehead atoms. The summed E-state index contributed by atoms with van der Waals surface area (Å²) >= 11 is 0. The third kappa shape index (κ3) is 13.4. The average molecular weight is 990 g/mol. The molecule has 2 atom stereocenters. The molecule has 3 N–H and O–H groups in total. The van der Waals surface area contributed by atoms with Crippen LogP contribution in [0.4, 0.5) is 0 Å². The maximum atomic E-state index is 13.9. The van der Waals surface area contributed by atoms with Gasteiger partial charge in [0.15, 0.2) is 0 Å². The SMILES string of the molecule is CO.COC(=O)[C@@H]1Cc2c(ccc(C)c2O)CN1C(=O)C(c1ccccc1)c1ccccc1.Cc1ccc2c(c1O)C[C@@H](C(=O)[O-])N(C(=O)C(c1ccccc1)c1ccccc1)C2.O=S(Cl)Cl.[Na+]. The number of halogens is 2. The molecule has 0 radical (unpaired) electrons. The molecule has 8 rings (SSSR count). The molecule has 6 aromatic rings. The Kier molecular flexibility index (Phi) is 21.3. The molecule has 6 aromatic carbocycles. The second-order valence-electron chi connectivity index (χ2n) is 15.6. The Bertz CT molecular complexity index is 2580. The standard InChI is InChI=1S/C26H25NO4.C25H23NO4.CH4O.Cl2OS.Na/c1-17-13-14-20-16-27(22(26(30)31-2)15-21(20)24(17)28)25(29)23(18-9-5-3-6-10-18)19-11-7-4-8-12-19;1-16-12-13-19-15-26(21(25(29)30)14-20(19)23(16)27)24(28)22(17-8-4-2-5-9-17)18-10-6-3-7-11-18;1-2;1-4(2)3;/h3-14,22-23,28H,15-16H2,1-2H3;2-13,21-22,27H,14-15H2,1H3,(H,29,30);2H,1H3;;/q;;;;+1/p-1/t22-;21-;;;/m00.../s1. The fourth-order valence-electron chi connectivity index (χ4n) is 8.43. The number of methoxy groups -OCH3 is 1. The van der Waals surface area contributed by atoms with Crippen molar-refractivity contribution in [3.63, 3.8) is 0 Å². The van der Waals surface area contributed by atoms with E-state index in [4.69, 9.17) is 14.1 Å². The summed E-state index contributed by atoms with van der Waals surface area (Å²) in [6.45, 7) is 3.93. The van der Waals surface area contributed by atoms with E-state index in [1.165, 1.54) is 12.0 Å². The van der Waals surface area contributed by atoms with E-state index >= 15 is 0 Å². The largest absolute Gasteiger partial charge is 1.00 e. The number of benzene rings is 6. The summed E-state index contributed by atoms with van der Waals surface area (Å²) in [7, 11) is 9.68. The summed E-state index contributed by atoms with van der Waals surface area (Å²) in [5, 5.41) is 40.0. The fraction of sp³-hybridized carbons (Fsp3) is 0.231. The van der Waals surface area contributed by atoms with Gasteiger partial charge in [0.2, 0.25) is 21.0 Å². The first kappa shape index (κ1) is 55.1. The monoisotopic (exact) mass is 988 g/mol. The van der Waals surface area contributed by atoms with Crippen molar-refractivity contribution in [2.45, 2.75) is 63.7 Å². The van der Waals surface area contributed by atoms with E-state index in [2.05, 4.69) is 21.4 Å². The van der Waals surface area contributed by atoms with Crippen LogP contribution >= 0.6 is 21.4 Å². The normalized spacial score (nSPS) is 14.6. The summed E-state index contributed by atoms with van der Waals surface area (Å²) in [5.74, 6) is -3.18. The van der Waals surface area contributed by atoms with Crippen LogP contribution in [0, 0.1) is 13.8 Å². The molecule has 0 saturated heterocycles. The van der Waals surface area contributed by atoms with E-state index in [1.807, 2.05) is 146 Å². The summed E-state index contributed by atoms with van der Waals surface area (Å²) in [6, 6.07) is 43.3. The third-order valence-corrected chi connectivity index (χ3v) is 11.7. The number of aliphatic carboxylic acids is 1. The number of hydrogen-bond acceptors (Lipinski definition) is 10. The Morgan fingerprint density at radius 2 is 0.882 bits per heavy atom. The molecule has 0 aliphatic carbocycles. The summed E-state index contributed by atoms with van der Waals surface area (Å²) in [6.07, 6.45) is 0.241. The number of nitrogens with zero attached hydrogens (tertiary/aromatic N) is 2. The van der Waals surface area contributed by atoms with E-state index < -0.39 is 45.1 Å². The molecule has 0 spiro atoms. The van der Waals surface area contributed by atoms with Crippen molar-refractivity contribution >= 4 is 54.3 Å². The number of fused-ring (bicyclic) bond motifs is 2. The van der Waals surface area contributed by atoms with Crippen molar-refractivity contribution in [1.82, 2.24) is 9.80 Å². The van der Waals surface area contributed by atoms with Gasteiger partial charge in [0, 0.05) is 65.5 Å². The van der Waals surface area contributed by atoms with Crippen molar-refractivity contribution in [2.24, 2.45) is 0 Å². The molecule has 2 aliphatic heterocycles. The number of aliphatic hydroxyl groups is 1. The van der Waals surface area contributed by atoms with Gasteiger partial charge in [-0.15, -0.1) is 0 Å². The van der Waals surface area contributed by atoms with Crippen molar-refractivity contribution < 1.29 is 78.1 Å². The summed E-state index contributed by atoms with van der Waals surface area (Å²) in [4.78, 5) is 55.3. The van der Waals surface area contributed by atoms with Gasteiger partial charge in [0.25, 0.3) is 0 Å². The van der Waals surface area contributed by atoms with Crippen LogP contribution in [0.5, 0.6) is 11.5 Å². The van der Waals surface area contributed by atoms with Gasteiger partial charge in [0.05, 0.1) is 31.0 Å². The van der Waals surface area contributed by atoms with Crippen LogP contribution < -0.4 is 34.7 Å². The summed E-state index contributed by atoms with van der Waals surface area (Å²) < 4.78 is 14.1. The number of aryl methyl sites for hydroxylation is 2. The zero-order valence-corrected chi connectivity index (χ0v) is 42.6. The van der Waals surface area contributed by atoms with Crippen LogP contribution in [0.15, 0.2) is 146 Å². The number of phenolic OH excluding ortho intramolecular Hbond substituents is 2. The van der Waals surface area contributed by atoms with E-state index in [-0.39, 0.29) is 78.8 Å². The Balaban J connectivity index is 0.000000263. The Hall–Kier alpha value is -5.51. The number of carbonyl (C=O) groups is 4. The van der Waals surface area contributed by atoms with Crippen molar-refractivity contribution in [3.05, 3.63) is 201 Å². The maximum Gasteiger partial charge on any atom is 1.00 e. The van der Waals surface area contributed by atoms with Gasteiger partial charge in [-0.2, -0.15) is 0 Å². The number of aliphatic hydroxyl groups excluding tert-OH is 1. The van der Waals surface area contributed by atoms with Crippen LogP contribution in [-0.2, 0) is 59.1 Å². The number of phenols is 2. The second kappa shape index (κ2) is 26.3. The van der Waals surface area contributed by atoms with E-state index in [0.717, 1.165) is 46.1 Å². The molecule has 12 nitrogen and oxygen atoms in total. The van der Waals surface area contributed by atoms with Crippen LogP contribution in [0.2, 0.25) is 0 Å². The first-order chi connectivity index (χ1) is 32.2. The minimum Gasteiger partial charge on any atom is -0.548 e. The zero-order chi connectivity index (χ0) is 48.8. The van der Waals surface area contributed by atoms with Gasteiger partial charge in [0.1, 0.15) is 17.5 Å². The number of ether oxygens (including phenoxy) is 1. The Morgan fingerprint density at radius 3 is 1.18 bits per heavy atom. The topological polar surface area (TPSA) is 185 Å². The molecule has 0 fully saturated rings. The molecule has 2 heterocycles. The van der Waals surface area contributed by atoms with Crippen molar-refractivity contribution in [3.8, 4) is 11.5 Å². The molecule has 2 aliphatic rings. The van der Waals surface area contributed by atoms with E-state index in [0.29, 0.717) is 16.7 Å². The number of carbonyl (C=O) groups excluding carboxylic acids is 4. The van der Waals surface area contributed by atoms with Crippen LogP contribution in [0.1, 0.15) is 67.5 Å². The number of aromatic hydroxyl groups is 2. The van der Waals surface area contributed by atoms with Gasteiger partial charge < -0.3 is 39.8 Å². The predicted molar refractivity (Wildman–Crippen MR) is 256 cm³/mol. The van der Waals surface area contributed by atoms with Gasteiger partial charge in [-0.25, -0.2) is 9.00 Å². The molecule has 16 heteroatoms. The quantitative estimate of drug-likeness (QED) is 0.114. The first-order valence-corrected chi connectivity index (χ1v) is 23.9. The van der Waals surface area contributed by atoms with Crippen molar-refractivity contribution in [1.29, 1.82) is 0 Å². The van der Waals surface area contributed by atoms with Gasteiger partial charge in [-0.05, 0) is 58.4 Å². The Morgan fingerprint density at radius 1 is 0.588 bits per heavy atom. The predicted octanol–water partition coefficient (Wildman–Crippen LogP) is 4.15. The molecule has 0 unspecified atom stereocenters. The minimum atomic E-state index is -1.67.